The molecule has 0 aromatic carbocycles. The molecule has 16 heavy (non-hydrogen) atoms. The van der Waals surface area contributed by atoms with E-state index in [0.29, 0.717) is 4.88 Å². The number of thiophene rings is 1. The first-order valence-electron chi connectivity index (χ1n) is 4.75. The molecular formula is C10H8Br2N2OS. The van der Waals surface area contributed by atoms with Gasteiger partial charge in [-0.1, -0.05) is 0 Å². The van der Waals surface area contributed by atoms with Gasteiger partial charge in [0.1, 0.15) is 5.54 Å². The molecule has 6 heteroatoms. The predicted molar refractivity (Wildman–Crippen MR) is 69.4 cm³/mol. The van der Waals surface area contributed by atoms with E-state index < -0.39 is 5.54 Å². The number of amides is 1. The van der Waals surface area contributed by atoms with Crippen molar-refractivity contribution < 1.29 is 4.79 Å². The second-order valence-corrected chi connectivity index (χ2v) is 6.96. The van der Waals surface area contributed by atoms with Gasteiger partial charge in [-0.3, -0.25) is 4.79 Å². The minimum atomic E-state index is -0.625. The van der Waals surface area contributed by atoms with Crippen molar-refractivity contribution in [3.63, 3.8) is 0 Å². The van der Waals surface area contributed by atoms with Gasteiger partial charge in [0.15, 0.2) is 0 Å². The molecule has 1 aliphatic rings. The maximum Gasteiger partial charge on any atom is 0.262 e. The third-order valence-electron chi connectivity index (χ3n) is 2.64. The molecule has 0 bridgehead atoms. The molecule has 0 aliphatic heterocycles. The molecule has 3 nitrogen and oxygen atoms in total. The lowest BCUT2D eigenvalue weighted by atomic mass is 9.78. The highest BCUT2D eigenvalue weighted by Crippen LogP contribution is 2.34. The number of hydrogen-bond acceptors (Lipinski definition) is 3. The lowest BCUT2D eigenvalue weighted by molar-refractivity contribution is 0.0886. The van der Waals surface area contributed by atoms with Gasteiger partial charge in [0, 0.05) is 4.47 Å². The number of carbonyl (C=O) groups is 1. The summed E-state index contributed by atoms with van der Waals surface area (Å²) in [6.07, 6.45) is 2.51. The molecule has 0 saturated heterocycles. The van der Waals surface area contributed by atoms with Crippen LogP contribution in [0.15, 0.2) is 14.3 Å². The fourth-order valence-corrected chi connectivity index (χ4v) is 3.46. The molecule has 1 saturated carbocycles. The zero-order chi connectivity index (χ0) is 11.8. The van der Waals surface area contributed by atoms with Crippen molar-refractivity contribution in [3.05, 3.63) is 19.2 Å². The summed E-state index contributed by atoms with van der Waals surface area (Å²) in [7, 11) is 0. The SMILES string of the molecule is N#CC1(NC(=O)c2cc(Br)c(Br)s2)CCC1. The van der Waals surface area contributed by atoms with E-state index in [1.165, 1.54) is 11.3 Å². The number of nitriles is 1. The third-order valence-corrected chi connectivity index (χ3v) is 5.90. The fraction of sp³-hybridized carbons (Fsp3) is 0.400. The Kier molecular flexibility index (Phi) is 3.38. The Bertz CT molecular complexity index is 454. The summed E-state index contributed by atoms with van der Waals surface area (Å²) >= 11 is 8.03. The number of hydrogen-bond donors (Lipinski definition) is 1. The minimum Gasteiger partial charge on any atom is -0.333 e. The molecule has 1 aromatic heterocycles. The zero-order valence-corrected chi connectivity index (χ0v) is 12.2. The van der Waals surface area contributed by atoms with E-state index in [1.807, 2.05) is 0 Å². The Morgan fingerprint density at radius 1 is 1.56 bits per heavy atom. The van der Waals surface area contributed by atoms with Gasteiger partial charge in [-0.05, 0) is 57.2 Å². The Morgan fingerprint density at radius 3 is 2.62 bits per heavy atom. The molecule has 1 amide bonds. The monoisotopic (exact) mass is 362 g/mol. The highest BCUT2D eigenvalue weighted by molar-refractivity contribution is 9.13. The third kappa shape index (κ3) is 2.17. The van der Waals surface area contributed by atoms with Gasteiger partial charge in [0.05, 0.1) is 14.7 Å². The largest absolute Gasteiger partial charge is 0.333 e. The molecule has 0 spiro atoms. The molecule has 2 rings (SSSR count). The van der Waals surface area contributed by atoms with Crippen LogP contribution in [-0.4, -0.2) is 11.4 Å². The highest BCUT2D eigenvalue weighted by atomic mass is 79.9. The Morgan fingerprint density at radius 2 is 2.25 bits per heavy atom. The average Bonchev–Trinajstić information content (AvgIpc) is 2.53. The highest BCUT2D eigenvalue weighted by Gasteiger charge is 2.39. The number of nitrogens with one attached hydrogen (secondary N) is 1. The van der Waals surface area contributed by atoms with Crippen LogP contribution in [0.25, 0.3) is 0 Å². The van der Waals surface area contributed by atoms with Crippen molar-refractivity contribution in [3.8, 4) is 6.07 Å². The molecule has 0 atom stereocenters. The van der Waals surface area contributed by atoms with Crippen LogP contribution in [0.5, 0.6) is 0 Å². The van der Waals surface area contributed by atoms with Crippen molar-refractivity contribution in [1.82, 2.24) is 5.32 Å². The summed E-state index contributed by atoms with van der Waals surface area (Å²) in [4.78, 5) is 12.5. The van der Waals surface area contributed by atoms with E-state index in [4.69, 9.17) is 5.26 Å². The van der Waals surface area contributed by atoms with Crippen LogP contribution in [0, 0.1) is 11.3 Å². The summed E-state index contributed by atoms with van der Waals surface area (Å²) < 4.78 is 1.75. The topological polar surface area (TPSA) is 52.9 Å². The number of rotatable bonds is 2. The van der Waals surface area contributed by atoms with E-state index >= 15 is 0 Å². The lowest BCUT2D eigenvalue weighted by Crippen LogP contribution is -2.52. The van der Waals surface area contributed by atoms with Crippen molar-refractivity contribution in [2.75, 3.05) is 0 Å². The van der Waals surface area contributed by atoms with Gasteiger partial charge in [0.25, 0.3) is 5.91 Å². The van der Waals surface area contributed by atoms with Crippen LogP contribution in [0.3, 0.4) is 0 Å². The molecule has 1 heterocycles. The van der Waals surface area contributed by atoms with Crippen LogP contribution in [0.4, 0.5) is 0 Å². The molecule has 1 aromatic rings. The van der Waals surface area contributed by atoms with Crippen molar-refractivity contribution >= 4 is 49.1 Å². The maximum atomic E-state index is 11.9. The van der Waals surface area contributed by atoms with Crippen LogP contribution in [0.1, 0.15) is 28.9 Å². The predicted octanol–water partition coefficient (Wildman–Crippen LogP) is 3.45. The first-order chi connectivity index (χ1) is 7.56. The van der Waals surface area contributed by atoms with Crippen LogP contribution in [-0.2, 0) is 0 Å². The van der Waals surface area contributed by atoms with Gasteiger partial charge in [-0.2, -0.15) is 5.26 Å². The molecule has 1 N–H and O–H groups in total. The van der Waals surface area contributed by atoms with Gasteiger partial charge in [-0.25, -0.2) is 0 Å². The van der Waals surface area contributed by atoms with Crippen molar-refractivity contribution in [2.45, 2.75) is 24.8 Å². The second-order valence-electron chi connectivity index (χ2n) is 3.73. The van der Waals surface area contributed by atoms with E-state index in [0.717, 1.165) is 27.5 Å². The number of halogens is 2. The lowest BCUT2D eigenvalue weighted by Gasteiger charge is -2.35. The van der Waals surface area contributed by atoms with Crippen molar-refractivity contribution in [1.29, 1.82) is 5.26 Å². The summed E-state index contributed by atoms with van der Waals surface area (Å²) in [6.45, 7) is 0. The molecule has 0 radical (unpaired) electrons. The smallest absolute Gasteiger partial charge is 0.262 e. The molecular weight excluding hydrogens is 356 g/mol. The summed E-state index contributed by atoms with van der Waals surface area (Å²) in [6, 6.07) is 3.94. The van der Waals surface area contributed by atoms with E-state index in [9.17, 15) is 4.79 Å². The zero-order valence-electron chi connectivity index (χ0n) is 8.22. The van der Waals surface area contributed by atoms with Crippen LogP contribution >= 0.6 is 43.2 Å². The van der Waals surface area contributed by atoms with E-state index in [-0.39, 0.29) is 5.91 Å². The molecule has 0 unspecified atom stereocenters. The summed E-state index contributed by atoms with van der Waals surface area (Å²) in [5.41, 5.74) is -0.625. The number of nitrogens with zero attached hydrogens (tertiary/aromatic N) is 1. The Hall–Kier alpha value is -0.380. The number of carbonyl (C=O) groups excluding carboxylic acids is 1. The van der Waals surface area contributed by atoms with Gasteiger partial charge < -0.3 is 5.32 Å². The summed E-state index contributed by atoms with van der Waals surface area (Å²) in [5.74, 6) is -0.169. The normalized spacial score (nSPS) is 17.3. The van der Waals surface area contributed by atoms with Crippen LogP contribution < -0.4 is 5.32 Å². The van der Waals surface area contributed by atoms with Gasteiger partial charge in [-0.15, -0.1) is 11.3 Å². The minimum absolute atomic E-state index is 0.169. The molecule has 1 fully saturated rings. The standard InChI is InChI=1S/C10H8Br2N2OS/c11-6-4-7(16-8(6)12)9(15)14-10(5-13)2-1-3-10/h4H,1-3H2,(H,14,15). The van der Waals surface area contributed by atoms with Crippen LogP contribution in [0.2, 0.25) is 0 Å². The first kappa shape index (κ1) is 12.1. The fourth-order valence-electron chi connectivity index (χ4n) is 1.53. The average molecular weight is 364 g/mol. The Balaban J connectivity index is 2.12. The van der Waals surface area contributed by atoms with Gasteiger partial charge in [0.2, 0.25) is 0 Å². The maximum absolute atomic E-state index is 11.9. The van der Waals surface area contributed by atoms with Crippen molar-refractivity contribution in [2.24, 2.45) is 0 Å². The van der Waals surface area contributed by atoms with E-state index in [2.05, 4.69) is 43.2 Å². The Labute approximate surface area is 114 Å². The first-order valence-corrected chi connectivity index (χ1v) is 7.15. The summed E-state index contributed by atoms with van der Waals surface area (Å²) in [5, 5.41) is 11.8. The quantitative estimate of drug-likeness (QED) is 0.874. The van der Waals surface area contributed by atoms with Gasteiger partial charge >= 0.3 is 0 Å². The van der Waals surface area contributed by atoms with E-state index in [1.54, 1.807) is 6.07 Å². The second kappa shape index (κ2) is 4.47. The molecule has 1 aliphatic carbocycles. The molecule has 84 valence electrons.